The van der Waals surface area contributed by atoms with Crippen molar-refractivity contribution in [2.24, 2.45) is 11.3 Å². The molecule has 5 aliphatic rings. The average molecular weight is 940 g/mol. The van der Waals surface area contributed by atoms with E-state index in [1.807, 2.05) is 19.1 Å². The van der Waals surface area contributed by atoms with Crippen LogP contribution in [-0.4, -0.2) is 125 Å². The minimum absolute atomic E-state index is 0.0382. The summed E-state index contributed by atoms with van der Waals surface area (Å²) in [4.78, 5) is 62.7. The van der Waals surface area contributed by atoms with E-state index in [1.165, 1.54) is 36.1 Å². The first-order chi connectivity index (χ1) is 33.3. The van der Waals surface area contributed by atoms with Crippen molar-refractivity contribution < 1.29 is 33.0 Å². The zero-order valence-corrected chi connectivity index (χ0v) is 39.6. The number of ether oxygens (including phenoxy) is 1. The van der Waals surface area contributed by atoms with Crippen LogP contribution < -0.4 is 24.8 Å². The Morgan fingerprint density at radius 3 is 2.46 bits per heavy atom. The second kappa shape index (κ2) is 18.8. The topological polar surface area (TPSA) is 148 Å². The highest BCUT2D eigenvalue weighted by Gasteiger charge is 2.46. The number of fused-ring (bicyclic) bond motifs is 2. The maximum atomic E-state index is 17.1. The smallest absolute Gasteiger partial charge is 0.319 e. The second-order valence-electron chi connectivity index (χ2n) is 20.0. The quantitative estimate of drug-likeness (QED) is 0.104. The van der Waals surface area contributed by atoms with Gasteiger partial charge in [0, 0.05) is 112 Å². The molecule has 2 N–H and O–H groups in total. The molecule has 4 saturated heterocycles. The van der Waals surface area contributed by atoms with E-state index < -0.39 is 23.6 Å². The van der Waals surface area contributed by atoms with Gasteiger partial charge in [-0.3, -0.25) is 34.5 Å². The van der Waals surface area contributed by atoms with Crippen LogP contribution in [0.25, 0.3) is 32.9 Å². The van der Waals surface area contributed by atoms with Gasteiger partial charge in [-0.15, -0.1) is 6.42 Å². The number of rotatable bonds is 11. The Morgan fingerprint density at radius 1 is 0.986 bits per heavy atom. The van der Waals surface area contributed by atoms with Crippen molar-refractivity contribution in [2.75, 3.05) is 80.2 Å². The zero-order valence-electron chi connectivity index (χ0n) is 39.6. The van der Waals surface area contributed by atoms with Crippen molar-refractivity contribution in [1.82, 2.24) is 30.1 Å². The third-order valence-corrected chi connectivity index (χ3v) is 15.1. The van der Waals surface area contributed by atoms with Crippen LogP contribution in [0.5, 0.6) is 11.8 Å². The van der Waals surface area contributed by atoms with E-state index in [0.717, 1.165) is 109 Å². The van der Waals surface area contributed by atoms with Gasteiger partial charge in [-0.2, -0.15) is 9.97 Å². The fourth-order valence-electron chi connectivity index (χ4n) is 11.2. The van der Waals surface area contributed by atoms with Crippen molar-refractivity contribution in [3.63, 3.8) is 0 Å². The molecule has 16 heteroatoms. The Morgan fingerprint density at radius 2 is 1.77 bits per heavy atom. The Bertz CT molecular complexity index is 2890. The van der Waals surface area contributed by atoms with Gasteiger partial charge in [-0.1, -0.05) is 18.9 Å². The number of aromatic hydroxyl groups is 1. The van der Waals surface area contributed by atoms with Gasteiger partial charge < -0.3 is 24.5 Å². The number of nitrogens with one attached hydrogen (secondary N) is 1. The van der Waals surface area contributed by atoms with Crippen LogP contribution in [0.3, 0.4) is 0 Å². The number of phenolic OH excluding ortho intramolecular Hbond substituents is 1. The molecule has 0 radical (unpaired) electrons. The van der Waals surface area contributed by atoms with Gasteiger partial charge in [0.2, 0.25) is 17.7 Å². The lowest BCUT2D eigenvalue weighted by molar-refractivity contribution is -0.135. The molecule has 2 unspecified atom stereocenters. The Labute approximate surface area is 401 Å². The van der Waals surface area contributed by atoms with Crippen molar-refractivity contribution in [3.8, 4) is 35.4 Å². The largest absolute Gasteiger partial charge is 0.508 e. The van der Waals surface area contributed by atoms with Crippen molar-refractivity contribution in [2.45, 2.75) is 84.2 Å². The maximum absolute atomic E-state index is 17.1. The molecule has 69 heavy (non-hydrogen) atoms. The van der Waals surface area contributed by atoms with Crippen LogP contribution in [0.4, 0.5) is 26.0 Å². The number of imide groups is 1. The van der Waals surface area contributed by atoms with Crippen LogP contribution in [0.1, 0.15) is 76.3 Å². The number of pyridine rings is 1. The predicted octanol–water partition coefficient (Wildman–Crippen LogP) is 6.96. The van der Waals surface area contributed by atoms with Crippen molar-refractivity contribution in [3.05, 3.63) is 71.4 Å². The van der Waals surface area contributed by atoms with E-state index in [0.29, 0.717) is 47.3 Å². The maximum Gasteiger partial charge on any atom is 0.319 e. The summed E-state index contributed by atoms with van der Waals surface area (Å²) in [5.41, 5.74) is 2.70. The molecule has 4 aliphatic heterocycles. The number of aromatic nitrogens is 3. The lowest BCUT2D eigenvalue weighted by atomic mass is 9.95. The molecule has 3 aromatic carbocycles. The molecule has 0 spiro atoms. The molecule has 5 fully saturated rings. The number of piperazine rings is 1. The molecule has 3 amide bonds. The summed E-state index contributed by atoms with van der Waals surface area (Å²) in [6, 6.07) is 11.5. The Hall–Kier alpha value is -6.44. The summed E-state index contributed by atoms with van der Waals surface area (Å²) in [6.45, 7) is 14.2. The fourth-order valence-corrected chi connectivity index (χ4v) is 11.2. The van der Waals surface area contributed by atoms with Crippen LogP contribution in [-0.2, 0) is 14.4 Å². The monoisotopic (exact) mass is 939 g/mol. The van der Waals surface area contributed by atoms with Gasteiger partial charge in [0.1, 0.15) is 34.6 Å². The van der Waals surface area contributed by atoms with Crippen molar-refractivity contribution >= 4 is 56.6 Å². The van der Waals surface area contributed by atoms with E-state index >= 15 is 8.78 Å². The first kappa shape index (κ1) is 46.3. The number of benzene rings is 3. The van der Waals surface area contributed by atoms with Crippen LogP contribution in [0, 0.1) is 42.2 Å². The minimum Gasteiger partial charge on any atom is -0.508 e. The van der Waals surface area contributed by atoms with Gasteiger partial charge in [0.25, 0.3) is 0 Å². The highest BCUT2D eigenvalue weighted by atomic mass is 19.1. The van der Waals surface area contributed by atoms with Crippen LogP contribution in [0.15, 0.2) is 48.7 Å². The minimum atomic E-state index is -0.732. The molecule has 1 aliphatic carbocycles. The number of piperidine rings is 3. The first-order valence-corrected chi connectivity index (χ1v) is 24.4. The number of terminal acetylenes is 1. The lowest BCUT2D eigenvalue weighted by Gasteiger charge is -2.44. The molecule has 360 valence electrons. The molecule has 0 bridgehead atoms. The zero-order chi connectivity index (χ0) is 48.1. The van der Waals surface area contributed by atoms with E-state index in [4.69, 9.17) is 21.1 Å². The number of carbonyl (C=O) groups is 3. The number of amides is 3. The van der Waals surface area contributed by atoms with Gasteiger partial charge >= 0.3 is 6.01 Å². The summed E-state index contributed by atoms with van der Waals surface area (Å²) in [5, 5.41) is 14.2. The predicted molar refractivity (Wildman–Crippen MR) is 261 cm³/mol. The highest BCUT2D eigenvalue weighted by Crippen LogP contribution is 2.47. The number of hydrogen-bond acceptors (Lipinski definition) is 12. The van der Waals surface area contributed by atoms with Gasteiger partial charge in [0.05, 0.1) is 17.6 Å². The molecule has 1 saturated carbocycles. The third kappa shape index (κ3) is 9.26. The fraction of sp³-hybridized carbons (Fsp3) is 0.472. The molecule has 2 atom stereocenters. The van der Waals surface area contributed by atoms with Gasteiger partial charge in [-0.05, 0) is 105 Å². The molecule has 2 aromatic heterocycles. The molecule has 6 heterocycles. The number of anilines is 3. The van der Waals surface area contributed by atoms with Crippen molar-refractivity contribution in [1.29, 1.82) is 0 Å². The Kier molecular flexibility index (Phi) is 12.6. The summed E-state index contributed by atoms with van der Waals surface area (Å²) in [7, 11) is 0. The van der Waals surface area contributed by atoms with E-state index in [-0.39, 0.29) is 63.1 Å². The number of nitrogens with zero attached hydrogens (tertiary/aromatic N) is 8. The van der Waals surface area contributed by atoms with Gasteiger partial charge in [0.15, 0.2) is 5.82 Å². The van der Waals surface area contributed by atoms with E-state index in [9.17, 15) is 19.5 Å². The van der Waals surface area contributed by atoms with E-state index in [1.54, 1.807) is 6.20 Å². The average Bonchev–Trinajstić information content (AvgIpc) is 4.11. The molecular weight excluding hydrogens is 881 g/mol. The summed E-state index contributed by atoms with van der Waals surface area (Å²) in [5.74, 6) is 0.924. The second-order valence-corrected chi connectivity index (χ2v) is 20.0. The number of hydrogen-bond donors (Lipinski definition) is 2. The summed E-state index contributed by atoms with van der Waals surface area (Å²) < 4.78 is 38.6. The van der Waals surface area contributed by atoms with Gasteiger partial charge in [-0.25, -0.2) is 8.78 Å². The summed E-state index contributed by atoms with van der Waals surface area (Å²) in [6.07, 6.45) is 14.0. The SMILES string of the molecule is C#Cc1c(F)ccc2cc(O)cc(-c3ncc4c(N5CCCC(C)C5)nc(OCC5(CN6CCN(C7CCN(c8ccc(N(C(C)=O)C9CCC(=O)NC9=O)c(C)c8)CC7)CC6)CC5)nc4c3F)c12. The third-order valence-electron chi connectivity index (χ3n) is 15.1. The highest BCUT2D eigenvalue weighted by molar-refractivity contribution is 6.07. The summed E-state index contributed by atoms with van der Waals surface area (Å²) >= 11 is 0. The molecular formula is C53H59F2N9O5. The normalized spacial score (nSPS) is 21.3. The number of aryl methyl sites for hydroxylation is 1. The van der Waals surface area contributed by atoms with Crippen LogP contribution >= 0.6 is 0 Å². The number of phenols is 1. The molecule has 5 aromatic rings. The first-order valence-electron chi connectivity index (χ1n) is 24.4. The number of carbonyl (C=O) groups excluding carboxylic acids is 3. The number of halogens is 2. The lowest BCUT2D eigenvalue weighted by Crippen LogP contribution is -2.54. The standard InChI is InChI=1S/C53H59F2N9O5/c1-5-39-42(54)10-8-35-26-38(66)27-40(46(35)39)48-47(55)49-41(28-56-48)50(63-18-6-7-32(2)29-63)59-52(58-49)69-31-53(16-17-53)30-60-21-23-62(24-22-60)36-14-19-61(20-15-36)37-9-11-43(33(3)25-37)64(34(4)65)44-12-13-45(67)57-51(44)68/h1,8-11,25-28,32,36,44,66H,6-7,12-24,29-31H2,2-4H3,(H,57,67,68). The molecule has 10 rings (SSSR count). The van der Waals surface area contributed by atoms with E-state index in [2.05, 4.69) is 48.8 Å². The van der Waals surface area contributed by atoms with Crippen LogP contribution in [0.2, 0.25) is 0 Å². The molecule has 14 nitrogen and oxygen atoms in total. The Balaban J connectivity index is 0.788.